The van der Waals surface area contributed by atoms with Crippen molar-refractivity contribution in [2.45, 2.75) is 13.0 Å². The number of nitrogens with one attached hydrogen (secondary N) is 1. The van der Waals surface area contributed by atoms with Crippen molar-refractivity contribution >= 4 is 17.3 Å². The van der Waals surface area contributed by atoms with E-state index in [0.29, 0.717) is 18.2 Å². The van der Waals surface area contributed by atoms with Gasteiger partial charge in [-0.25, -0.2) is 0 Å². The highest BCUT2D eigenvalue weighted by Gasteiger charge is 2.20. The number of anilines is 1. The van der Waals surface area contributed by atoms with Gasteiger partial charge in [-0.3, -0.25) is 0 Å². The van der Waals surface area contributed by atoms with Crippen molar-refractivity contribution in [3.05, 3.63) is 23.2 Å². The lowest BCUT2D eigenvalue weighted by Gasteiger charge is -2.27. The highest BCUT2D eigenvalue weighted by atomic mass is 35.5. The van der Waals surface area contributed by atoms with Crippen LogP contribution in [0.1, 0.15) is 6.92 Å². The van der Waals surface area contributed by atoms with Gasteiger partial charge in [-0.2, -0.15) is 0 Å². The number of halogens is 1. The summed E-state index contributed by atoms with van der Waals surface area (Å²) in [5.74, 6) is 0.732. The number of rotatable bonds is 3. The lowest BCUT2D eigenvalue weighted by atomic mass is 10.2. The van der Waals surface area contributed by atoms with E-state index < -0.39 is 0 Å². The van der Waals surface area contributed by atoms with Gasteiger partial charge in [-0.15, -0.1) is 0 Å². The maximum atomic E-state index is 6.04. The largest absolute Gasteiger partial charge is 0.482 e. The van der Waals surface area contributed by atoms with Crippen LogP contribution in [0.15, 0.2) is 18.2 Å². The van der Waals surface area contributed by atoms with Gasteiger partial charge < -0.3 is 14.8 Å². The van der Waals surface area contributed by atoms with Crippen LogP contribution in [0.5, 0.6) is 5.75 Å². The molecule has 2 rings (SSSR count). The van der Waals surface area contributed by atoms with Crippen molar-refractivity contribution < 1.29 is 9.47 Å². The maximum Gasteiger partial charge on any atom is 0.161 e. The lowest BCUT2D eigenvalue weighted by molar-refractivity contribution is 0.0599. The van der Waals surface area contributed by atoms with Crippen LogP contribution in [0.2, 0.25) is 5.02 Å². The van der Waals surface area contributed by atoms with Crippen LogP contribution in [0, 0.1) is 0 Å². The monoisotopic (exact) mass is 227 g/mol. The SMILES string of the molecule is CCOC[C@H]1CNc2cccc(Cl)c2O1. The van der Waals surface area contributed by atoms with E-state index in [1.54, 1.807) is 0 Å². The quantitative estimate of drug-likeness (QED) is 0.861. The van der Waals surface area contributed by atoms with Gasteiger partial charge in [-0.05, 0) is 19.1 Å². The van der Waals surface area contributed by atoms with Crippen molar-refractivity contribution in [3.8, 4) is 5.75 Å². The van der Waals surface area contributed by atoms with Gasteiger partial charge in [0.05, 0.1) is 23.9 Å². The van der Waals surface area contributed by atoms with Gasteiger partial charge in [-0.1, -0.05) is 17.7 Å². The molecule has 1 N–H and O–H groups in total. The van der Waals surface area contributed by atoms with Crippen molar-refractivity contribution in [2.24, 2.45) is 0 Å². The highest BCUT2D eigenvalue weighted by Crippen LogP contribution is 2.35. The van der Waals surface area contributed by atoms with Gasteiger partial charge in [0.1, 0.15) is 6.10 Å². The van der Waals surface area contributed by atoms with Gasteiger partial charge in [0.25, 0.3) is 0 Å². The fourth-order valence-electron chi connectivity index (χ4n) is 1.54. The zero-order valence-corrected chi connectivity index (χ0v) is 9.38. The summed E-state index contributed by atoms with van der Waals surface area (Å²) >= 11 is 6.04. The van der Waals surface area contributed by atoms with Crippen LogP contribution >= 0.6 is 11.6 Å². The Labute approximate surface area is 94.3 Å². The molecule has 0 aromatic heterocycles. The van der Waals surface area contributed by atoms with Crippen LogP contribution in [0.4, 0.5) is 5.69 Å². The molecule has 3 nitrogen and oxygen atoms in total. The molecule has 0 amide bonds. The molecular weight excluding hydrogens is 214 g/mol. The van der Waals surface area contributed by atoms with Crippen molar-refractivity contribution in [3.63, 3.8) is 0 Å². The predicted octanol–water partition coefficient (Wildman–Crippen LogP) is 2.55. The van der Waals surface area contributed by atoms with Crippen LogP contribution in [0.3, 0.4) is 0 Å². The van der Waals surface area contributed by atoms with Gasteiger partial charge in [0.2, 0.25) is 0 Å². The fraction of sp³-hybridized carbons (Fsp3) is 0.455. The Kier molecular flexibility index (Phi) is 3.34. The number of hydrogen-bond acceptors (Lipinski definition) is 3. The summed E-state index contributed by atoms with van der Waals surface area (Å²) in [4.78, 5) is 0. The van der Waals surface area contributed by atoms with Crippen molar-refractivity contribution in [1.82, 2.24) is 0 Å². The molecule has 1 aliphatic heterocycles. The molecule has 0 fully saturated rings. The predicted molar refractivity (Wildman–Crippen MR) is 60.9 cm³/mol. The maximum absolute atomic E-state index is 6.04. The standard InChI is InChI=1S/C11H14ClNO2/c1-2-14-7-8-6-13-10-5-3-4-9(12)11(10)15-8/h3-5,8,13H,2,6-7H2,1H3/t8-/m1/s1. The molecule has 1 aliphatic rings. The van der Waals surface area contributed by atoms with E-state index in [9.17, 15) is 0 Å². The Bertz CT molecular complexity index is 343. The van der Waals surface area contributed by atoms with Crippen LogP contribution < -0.4 is 10.1 Å². The summed E-state index contributed by atoms with van der Waals surface area (Å²) in [6.07, 6.45) is 0.0392. The first-order chi connectivity index (χ1) is 7.31. The Morgan fingerprint density at radius 1 is 1.60 bits per heavy atom. The second kappa shape index (κ2) is 4.73. The van der Waals surface area contributed by atoms with Crippen LogP contribution in [-0.4, -0.2) is 25.9 Å². The highest BCUT2D eigenvalue weighted by molar-refractivity contribution is 6.32. The first-order valence-corrected chi connectivity index (χ1v) is 5.46. The summed E-state index contributed by atoms with van der Waals surface area (Å²) in [5.41, 5.74) is 0.954. The Balaban J connectivity index is 2.08. The molecule has 0 radical (unpaired) electrons. The second-order valence-electron chi connectivity index (χ2n) is 3.40. The molecule has 82 valence electrons. The van der Waals surface area contributed by atoms with Crippen LogP contribution in [0.25, 0.3) is 0 Å². The van der Waals surface area contributed by atoms with Crippen molar-refractivity contribution in [2.75, 3.05) is 25.1 Å². The molecule has 15 heavy (non-hydrogen) atoms. The molecule has 0 bridgehead atoms. The summed E-state index contributed by atoms with van der Waals surface area (Å²) in [6, 6.07) is 5.68. The molecular formula is C11H14ClNO2. The molecule has 0 spiro atoms. The number of fused-ring (bicyclic) bond motifs is 1. The molecule has 0 saturated carbocycles. The molecule has 1 heterocycles. The van der Waals surface area contributed by atoms with E-state index in [0.717, 1.165) is 18.0 Å². The van der Waals surface area contributed by atoms with Gasteiger partial charge in [0.15, 0.2) is 5.75 Å². The first kappa shape index (κ1) is 10.6. The third-order valence-electron chi connectivity index (χ3n) is 2.28. The van der Waals surface area contributed by atoms with E-state index in [2.05, 4.69) is 5.32 Å². The Hall–Kier alpha value is -0.930. The molecule has 0 unspecified atom stereocenters. The zero-order valence-electron chi connectivity index (χ0n) is 8.63. The third-order valence-corrected chi connectivity index (χ3v) is 2.58. The molecule has 0 aliphatic carbocycles. The zero-order chi connectivity index (χ0) is 10.7. The minimum atomic E-state index is 0.0392. The summed E-state index contributed by atoms with van der Waals surface area (Å²) in [7, 11) is 0. The summed E-state index contributed by atoms with van der Waals surface area (Å²) < 4.78 is 11.1. The average Bonchev–Trinajstić information content (AvgIpc) is 2.27. The van der Waals surface area contributed by atoms with E-state index in [1.165, 1.54) is 0 Å². The van der Waals surface area contributed by atoms with E-state index in [1.807, 2.05) is 25.1 Å². The number of benzene rings is 1. The van der Waals surface area contributed by atoms with E-state index in [4.69, 9.17) is 21.1 Å². The number of para-hydroxylation sites is 1. The number of hydrogen-bond donors (Lipinski definition) is 1. The molecule has 1 atom stereocenters. The Morgan fingerprint density at radius 3 is 3.27 bits per heavy atom. The summed E-state index contributed by atoms with van der Waals surface area (Å²) in [5, 5.41) is 3.91. The Morgan fingerprint density at radius 2 is 2.47 bits per heavy atom. The minimum Gasteiger partial charge on any atom is -0.482 e. The van der Waals surface area contributed by atoms with Gasteiger partial charge >= 0.3 is 0 Å². The number of ether oxygens (including phenoxy) is 2. The second-order valence-corrected chi connectivity index (χ2v) is 3.80. The van der Waals surface area contributed by atoms with Crippen molar-refractivity contribution in [1.29, 1.82) is 0 Å². The van der Waals surface area contributed by atoms with E-state index >= 15 is 0 Å². The lowest BCUT2D eigenvalue weighted by Crippen LogP contribution is -2.34. The molecule has 4 heteroatoms. The average molecular weight is 228 g/mol. The minimum absolute atomic E-state index is 0.0392. The van der Waals surface area contributed by atoms with Gasteiger partial charge in [0, 0.05) is 6.61 Å². The molecule has 1 aromatic carbocycles. The smallest absolute Gasteiger partial charge is 0.161 e. The topological polar surface area (TPSA) is 30.5 Å². The summed E-state index contributed by atoms with van der Waals surface area (Å²) in [6.45, 7) is 4.02. The molecule has 1 aromatic rings. The third kappa shape index (κ3) is 2.36. The molecule has 0 saturated heterocycles. The first-order valence-electron chi connectivity index (χ1n) is 5.08. The normalized spacial score (nSPS) is 18.9. The van der Waals surface area contributed by atoms with E-state index in [-0.39, 0.29) is 6.10 Å². The van der Waals surface area contributed by atoms with Crippen LogP contribution in [-0.2, 0) is 4.74 Å². The fourth-order valence-corrected chi connectivity index (χ4v) is 1.76.